The van der Waals surface area contributed by atoms with Gasteiger partial charge in [-0.3, -0.25) is 9.89 Å². The molecule has 128 valence electrons. The number of hydrogen-bond acceptors (Lipinski definition) is 2. The van der Waals surface area contributed by atoms with Crippen LogP contribution in [0.4, 0.5) is 0 Å². The van der Waals surface area contributed by atoms with E-state index in [1.165, 1.54) is 18.4 Å². The van der Waals surface area contributed by atoms with Crippen LogP contribution < -0.4 is 10.6 Å². The number of guanidine groups is 1. The summed E-state index contributed by atoms with van der Waals surface area (Å²) < 4.78 is 0. The molecule has 0 spiro atoms. The summed E-state index contributed by atoms with van der Waals surface area (Å²) in [6, 6.07) is 8.55. The Labute approximate surface area is 145 Å². The van der Waals surface area contributed by atoms with Gasteiger partial charge in [-0.25, -0.2) is 0 Å². The van der Waals surface area contributed by atoms with Crippen LogP contribution in [0.2, 0.25) is 5.02 Å². The maximum absolute atomic E-state index is 6.26. The minimum Gasteiger partial charge on any atom is -0.356 e. The van der Waals surface area contributed by atoms with E-state index in [2.05, 4.69) is 46.5 Å². The van der Waals surface area contributed by atoms with Gasteiger partial charge < -0.3 is 10.6 Å². The van der Waals surface area contributed by atoms with Crippen LogP contribution in [-0.2, 0) is 6.54 Å². The molecule has 0 saturated carbocycles. The summed E-state index contributed by atoms with van der Waals surface area (Å²) in [7, 11) is 1.82. The van der Waals surface area contributed by atoms with E-state index < -0.39 is 0 Å². The van der Waals surface area contributed by atoms with E-state index in [0.29, 0.717) is 12.0 Å². The van der Waals surface area contributed by atoms with Gasteiger partial charge in [0.05, 0.1) is 0 Å². The van der Waals surface area contributed by atoms with Crippen LogP contribution in [0.25, 0.3) is 0 Å². The first kappa shape index (κ1) is 18.1. The molecular weight excluding hydrogens is 308 g/mol. The van der Waals surface area contributed by atoms with E-state index in [1.807, 2.05) is 19.2 Å². The Morgan fingerprint density at radius 1 is 1.30 bits per heavy atom. The second kappa shape index (κ2) is 9.14. The van der Waals surface area contributed by atoms with Gasteiger partial charge in [-0.2, -0.15) is 0 Å². The molecule has 0 bridgehead atoms. The lowest BCUT2D eigenvalue weighted by atomic mass is 9.96. The Morgan fingerprint density at radius 3 is 2.61 bits per heavy atom. The van der Waals surface area contributed by atoms with Gasteiger partial charge in [-0.05, 0) is 57.3 Å². The van der Waals surface area contributed by atoms with Crippen LogP contribution in [0.3, 0.4) is 0 Å². The largest absolute Gasteiger partial charge is 0.356 e. The molecule has 0 radical (unpaired) electrons. The first-order chi connectivity index (χ1) is 11.1. The molecule has 1 aliphatic heterocycles. The number of benzene rings is 1. The molecule has 0 unspecified atom stereocenters. The normalized spacial score (nSPS) is 17.5. The second-order valence-corrected chi connectivity index (χ2v) is 6.97. The molecule has 0 amide bonds. The van der Waals surface area contributed by atoms with Gasteiger partial charge in [0.25, 0.3) is 0 Å². The zero-order valence-electron chi connectivity index (χ0n) is 14.5. The smallest absolute Gasteiger partial charge is 0.191 e. The maximum atomic E-state index is 6.26. The highest BCUT2D eigenvalue weighted by Crippen LogP contribution is 2.21. The van der Waals surface area contributed by atoms with Crippen LogP contribution in [0.15, 0.2) is 29.3 Å². The van der Waals surface area contributed by atoms with E-state index in [-0.39, 0.29) is 0 Å². The summed E-state index contributed by atoms with van der Waals surface area (Å²) in [5, 5.41) is 7.65. The summed E-state index contributed by atoms with van der Waals surface area (Å²) in [4.78, 5) is 6.76. The maximum Gasteiger partial charge on any atom is 0.191 e. The fourth-order valence-corrected chi connectivity index (χ4v) is 3.12. The molecule has 1 fully saturated rings. The van der Waals surface area contributed by atoms with Gasteiger partial charge in [-0.1, -0.05) is 29.8 Å². The number of halogens is 1. The fourth-order valence-electron chi connectivity index (χ4n) is 2.93. The predicted molar refractivity (Wildman–Crippen MR) is 99.1 cm³/mol. The lowest BCUT2D eigenvalue weighted by molar-refractivity contribution is 0.178. The fraction of sp³-hybridized carbons (Fsp3) is 0.611. The van der Waals surface area contributed by atoms with Crippen molar-refractivity contribution in [1.29, 1.82) is 0 Å². The topological polar surface area (TPSA) is 39.7 Å². The number of aliphatic imine (C=N–C) groups is 1. The quantitative estimate of drug-likeness (QED) is 0.641. The molecule has 1 aromatic carbocycles. The zero-order chi connectivity index (χ0) is 16.7. The highest BCUT2D eigenvalue weighted by Gasteiger charge is 2.20. The van der Waals surface area contributed by atoms with Crippen LogP contribution >= 0.6 is 11.6 Å². The summed E-state index contributed by atoms with van der Waals surface area (Å²) >= 11 is 6.26. The lowest BCUT2D eigenvalue weighted by Gasteiger charge is -2.32. The minimum atomic E-state index is 0.402. The molecule has 1 saturated heterocycles. The van der Waals surface area contributed by atoms with Crippen molar-refractivity contribution in [2.24, 2.45) is 10.9 Å². The third-order valence-electron chi connectivity index (χ3n) is 4.27. The molecule has 1 aromatic rings. The SMILES string of the molecule is CN=C(NCC1CCN(Cc2ccccc2Cl)CC1)NC(C)C. The van der Waals surface area contributed by atoms with Gasteiger partial charge in [0.1, 0.15) is 0 Å². The van der Waals surface area contributed by atoms with Gasteiger partial charge in [-0.15, -0.1) is 0 Å². The van der Waals surface area contributed by atoms with Gasteiger partial charge in [0.2, 0.25) is 0 Å². The summed E-state index contributed by atoms with van der Waals surface area (Å²) in [6.45, 7) is 8.46. The van der Waals surface area contributed by atoms with Crippen LogP contribution in [-0.4, -0.2) is 43.6 Å². The van der Waals surface area contributed by atoms with E-state index in [0.717, 1.165) is 37.2 Å². The van der Waals surface area contributed by atoms with Crippen molar-refractivity contribution in [2.45, 2.75) is 39.3 Å². The molecule has 0 atom stereocenters. The monoisotopic (exact) mass is 336 g/mol. The van der Waals surface area contributed by atoms with Crippen LogP contribution in [0, 0.1) is 5.92 Å². The number of piperidine rings is 1. The minimum absolute atomic E-state index is 0.402. The predicted octanol–water partition coefficient (Wildman–Crippen LogP) is 3.13. The number of likely N-dealkylation sites (tertiary alicyclic amines) is 1. The molecule has 0 aliphatic carbocycles. The molecule has 2 N–H and O–H groups in total. The summed E-state index contributed by atoms with van der Waals surface area (Å²) in [6.07, 6.45) is 2.44. The van der Waals surface area contributed by atoms with E-state index in [9.17, 15) is 0 Å². The Bertz CT molecular complexity index is 507. The number of hydrogen-bond donors (Lipinski definition) is 2. The number of nitrogens with one attached hydrogen (secondary N) is 2. The Morgan fingerprint density at radius 2 is 2.00 bits per heavy atom. The Hall–Kier alpha value is -1.26. The van der Waals surface area contributed by atoms with Crippen molar-refractivity contribution in [3.8, 4) is 0 Å². The third kappa shape index (κ3) is 6.04. The van der Waals surface area contributed by atoms with E-state index >= 15 is 0 Å². The zero-order valence-corrected chi connectivity index (χ0v) is 15.2. The molecular formula is C18H29ClN4. The molecule has 1 aliphatic rings. The standard InChI is InChI=1S/C18H29ClN4/c1-14(2)22-18(20-3)21-12-15-8-10-23(11-9-15)13-16-6-4-5-7-17(16)19/h4-7,14-15H,8-13H2,1-3H3,(H2,20,21,22). The first-order valence-corrected chi connectivity index (χ1v) is 8.89. The van der Waals surface area contributed by atoms with Crippen LogP contribution in [0.1, 0.15) is 32.3 Å². The van der Waals surface area contributed by atoms with Crippen molar-refractivity contribution in [2.75, 3.05) is 26.7 Å². The van der Waals surface area contributed by atoms with Gasteiger partial charge in [0, 0.05) is 31.2 Å². The molecule has 0 aromatic heterocycles. The van der Waals surface area contributed by atoms with Crippen molar-refractivity contribution in [1.82, 2.24) is 15.5 Å². The first-order valence-electron chi connectivity index (χ1n) is 8.51. The lowest BCUT2D eigenvalue weighted by Crippen LogP contribution is -2.44. The van der Waals surface area contributed by atoms with Gasteiger partial charge >= 0.3 is 0 Å². The van der Waals surface area contributed by atoms with Gasteiger partial charge in [0.15, 0.2) is 5.96 Å². The highest BCUT2D eigenvalue weighted by atomic mass is 35.5. The van der Waals surface area contributed by atoms with Crippen molar-refractivity contribution < 1.29 is 0 Å². The summed E-state index contributed by atoms with van der Waals surface area (Å²) in [5.74, 6) is 1.61. The molecule has 2 rings (SSSR count). The van der Waals surface area contributed by atoms with Crippen LogP contribution in [0.5, 0.6) is 0 Å². The second-order valence-electron chi connectivity index (χ2n) is 6.56. The molecule has 5 heteroatoms. The average molecular weight is 337 g/mol. The summed E-state index contributed by atoms with van der Waals surface area (Å²) in [5.41, 5.74) is 1.23. The highest BCUT2D eigenvalue weighted by molar-refractivity contribution is 6.31. The molecule has 4 nitrogen and oxygen atoms in total. The Kier molecular flexibility index (Phi) is 7.18. The molecule has 1 heterocycles. The van der Waals surface area contributed by atoms with E-state index in [1.54, 1.807) is 0 Å². The van der Waals surface area contributed by atoms with E-state index in [4.69, 9.17) is 11.6 Å². The van der Waals surface area contributed by atoms with Crippen molar-refractivity contribution >= 4 is 17.6 Å². The van der Waals surface area contributed by atoms with Crippen molar-refractivity contribution in [3.63, 3.8) is 0 Å². The Balaban J connectivity index is 1.73. The van der Waals surface area contributed by atoms with Crippen molar-refractivity contribution in [3.05, 3.63) is 34.9 Å². The number of nitrogens with zero attached hydrogens (tertiary/aromatic N) is 2. The average Bonchev–Trinajstić information content (AvgIpc) is 2.54. The third-order valence-corrected chi connectivity index (χ3v) is 4.63. The molecule has 23 heavy (non-hydrogen) atoms. The number of rotatable bonds is 5.